The van der Waals surface area contributed by atoms with E-state index in [2.05, 4.69) is 19.2 Å². The van der Waals surface area contributed by atoms with Gasteiger partial charge in [0, 0.05) is 4.90 Å². The molecule has 1 N–H and O–H groups in total. The molecular formula is C22H27NO4S. The van der Waals surface area contributed by atoms with Crippen molar-refractivity contribution in [3.63, 3.8) is 0 Å². The third-order valence-electron chi connectivity index (χ3n) is 4.41. The van der Waals surface area contributed by atoms with Crippen LogP contribution < -0.4 is 19.5 Å². The highest BCUT2D eigenvalue weighted by molar-refractivity contribution is 8.00. The molecule has 150 valence electrons. The number of rotatable bonds is 8. The first-order valence-corrected chi connectivity index (χ1v) is 10.6. The van der Waals surface area contributed by atoms with Gasteiger partial charge in [0.15, 0.2) is 11.5 Å². The highest BCUT2D eigenvalue weighted by Gasteiger charge is 2.21. The fraction of sp³-hybridized carbons (Fsp3) is 0.409. The van der Waals surface area contributed by atoms with Crippen LogP contribution in [0.5, 0.6) is 17.2 Å². The van der Waals surface area contributed by atoms with Crippen molar-refractivity contribution in [2.24, 2.45) is 5.92 Å². The van der Waals surface area contributed by atoms with Crippen molar-refractivity contribution in [2.75, 3.05) is 25.6 Å². The molecule has 0 bridgehead atoms. The Morgan fingerprint density at radius 2 is 1.82 bits per heavy atom. The standard InChI is InChI=1S/C22H27NO4S/c1-4-25-17-6-8-18(9-7-17)28-14-21(24)23-22(15(2)3)16-5-10-19-20(13-16)27-12-11-26-19/h5-10,13,15,22H,4,11-12,14H2,1-3H3,(H,23,24)/t22-/m1/s1. The number of ether oxygens (including phenoxy) is 3. The summed E-state index contributed by atoms with van der Waals surface area (Å²) in [6.07, 6.45) is 0. The number of hydrogen-bond donors (Lipinski definition) is 1. The van der Waals surface area contributed by atoms with Crippen LogP contribution in [0.3, 0.4) is 0 Å². The second kappa shape index (κ2) is 9.73. The van der Waals surface area contributed by atoms with Gasteiger partial charge in [0.05, 0.1) is 18.4 Å². The molecule has 2 aromatic rings. The van der Waals surface area contributed by atoms with Crippen LogP contribution in [-0.4, -0.2) is 31.5 Å². The van der Waals surface area contributed by atoms with Gasteiger partial charge in [-0.15, -0.1) is 11.8 Å². The molecule has 0 aliphatic carbocycles. The molecule has 0 aromatic heterocycles. The average Bonchev–Trinajstić information content (AvgIpc) is 2.71. The molecule has 1 aliphatic rings. The molecule has 1 amide bonds. The van der Waals surface area contributed by atoms with Gasteiger partial charge in [-0.1, -0.05) is 19.9 Å². The molecule has 28 heavy (non-hydrogen) atoms. The van der Waals surface area contributed by atoms with Crippen molar-refractivity contribution in [1.29, 1.82) is 0 Å². The Labute approximate surface area is 170 Å². The summed E-state index contributed by atoms with van der Waals surface area (Å²) in [7, 11) is 0. The first-order chi connectivity index (χ1) is 13.6. The highest BCUT2D eigenvalue weighted by atomic mass is 32.2. The van der Waals surface area contributed by atoms with Crippen molar-refractivity contribution in [2.45, 2.75) is 31.7 Å². The molecule has 3 rings (SSSR count). The zero-order valence-corrected chi connectivity index (χ0v) is 17.4. The predicted octanol–water partition coefficient (Wildman–Crippen LogP) is 4.46. The van der Waals surface area contributed by atoms with E-state index in [-0.39, 0.29) is 17.9 Å². The minimum absolute atomic E-state index is 0.00692. The lowest BCUT2D eigenvalue weighted by molar-refractivity contribution is -0.119. The fourth-order valence-electron chi connectivity index (χ4n) is 3.05. The quantitative estimate of drug-likeness (QED) is 0.662. The average molecular weight is 402 g/mol. The van der Waals surface area contributed by atoms with Crippen molar-refractivity contribution < 1.29 is 19.0 Å². The van der Waals surface area contributed by atoms with E-state index in [1.807, 2.05) is 49.4 Å². The lowest BCUT2D eigenvalue weighted by atomic mass is 9.95. The van der Waals surface area contributed by atoms with E-state index < -0.39 is 0 Å². The summed E-state index contributed by atoms with van der Waals surface area (Å²) >= 11 is 1.51. The molecule has 2 aromatic carbocycles. The molecule has 5 nitrogen and oxygen atoms in total. The minimum atomic E-state index is -0.0794. The van der Waals surface area contributed by atoms with Crippen LogP contribution >= 0.6 is 11.8 Å². The molecule has 1 heterocycles. The lowest BCUT2D eigenvalue weighted by Crippen LogP contribution is -2.33. The predicted molar refractivity (Wildman–Crippen MR) is 111 cm³/mol. The zero-order chi connectivity index (χ0) is 19.9. The summed E-state index contributed by atoms with van der Waals surface area (Å²) in [6.45, 7) is 7.92. The highest BCUT2D eigenvalue weighted by Crippen LogP contribution is 2.34. The van der Waals surface area contributed by atoms with Crippen LogP contribution in [0.15, 0.2) is 47.4 Å². The van der Waals surface area contributed by atoms with E-state index >= 15 is 0 Å². The lowest BCUT2D eigenvalue weighted by Gasteiger charge is -2.25. The Morgan fingerprint density at radius 3 is 2.50 bits per heavy atom. The summed E-state index contributed by atoms with van der Waals surface area (Å²) in [5.74, 6) is 2.97. The number of nitrogens with one attached hydrogen (secondary N) is 1. The number of fused-ring (bicyclic) bond motifs is 1. The van der Waals surface area contributed by atoms with Crippen LogP contribution in [-0.2, 0) is 4.79 Å². The summed E-state index contributed by atoms with van der Waals surface area (Å²) < 4.78 is 16.7. The minimum Gasteiger partial charge on any atom is -0.494 e. The van der Waals surface area contributed by atoms with Crippen LogP contribution in [0, 0.1) is 5.92 Å². The largest absolute Gasteiger partial charge is 0.494 e. The van der Waals surface area contributed by atoms with Gasteiger partial charge in [-0.3, -0.25) is 4.79 Å². The second-order valence-electron chi connectivity index (χ2n) is 6.89. The molecule has 0 saturated heterocycles. The van der Waals surface area contributed by atoms with Gasteiger partial charge in [-0.25, -0.2) is 0 Å². The summed E-state index contributed by atoms with van der Waals surface area (Å²) in [5.41, 5.74) is 1.03. The van der Waals surface area contributed by atoms with Gasteiger partial charge < -0.3 is 19.5 Å². The van der Waals surface area contributed by atoms with Gasteiger partial charge in [0.2, 0.25) is 5.91 Å². The molecule has 0 radical (unpaired) electrons. The summed E-state index contributed by atoms with van der Waals surface area (Å²) in [5, 5.41) is 3.16. The number of carbonyl (C=O) groups excluding carboxylic acids is 1. The number of carbonyl (C=O) groups is 1. The Hall–Kier alpha value is -2.34. The van der Waals surface area contributed by atoms with Crippen molar-refractivity contribution in [3.8, 4) is 17.2 Å². The molecular weight excluding hydrogens is 374 g/mol. The third-order valence-corrected chi connectivity index (χ3v) is 5.43. The third kappa shape index (κ3) is 5.35. The maximum atomic E-state index is 12.6. The first kappa shape index (κ1) is 20.4. The molecule has 0 saturated carbocycles. The smallest absolute Gasteiger partial charge is 0.230 e. The van der Waals surface area contributed by atoms with E-state index in [9.17, 15) is 4.79 Å². The van der Waals surface area contributed by atoms with Crippen LogP contribution in [0.25, 0.3) is 0 Å². The van der Waals surface area contributed by atoms with E-state index in [1.165, 1.54) is 11.8 Å². The maximum absolute atomic E-state index is 12.6. The SMILES string of the molecule is CCOc1ccc(SCC(=O)N[C@@H](c2ccc3c(c2)OCCO3)C(C)C)cc1. The van der Waals surface area contributed by atoms with Gasteiger partial charge in [-0.05, 0) is 54.8 Å². The van der Waals surface area contributed by atoms with E-state index in [1.54, 1.807) is 0 Å². The monoisotopic (exact) mass is 401 g/mol. The number of thioether (sulfide) groups is 1. The molecule has 0 fully saturated rings. The normalized spacial score (nSPS) is 13.9. The van der Waals surface area contributed by atoms with Gasteiger partial charge >= 0.3 is 0 Å². The van der Waals surface area contributed by atoms with E-state index in [0.29, 0.717) is 25.6 Å². The van der Waals surface area contributed by atoms with Gasteiger partial charge in [-0.2, -0.15) is 0 Å². The van der Waals surface area contributed by atoms with Crippen LogP contribution in [0.4, 0.5) is 0 Å². The fourth-order valence-corrected chi connectivity index (χ4v) is 3.76. The van der Waals surface area contributed by atoms with Crippen LogP contribution in [0.1, 0.15) is 32.4 Å². The number of benzene rings is 2. The number of hydrogen-bond acceptors (Lipinski definition) is 5. The van der Waals surface area contributed by atoms with Crippen LogP contribution in [0.2, 0.25) is 0 Å². The molecule has 1 atom stereocenters. The van der Waals surface area contributed by atoms with E-state index in [4.69, 9.17) is 14.2 Å². The summed E-state index contributed by atoms with van der Waals surface area (Å²) in [6, 6.07) is 13.6. The molecule has 6 heteroatoms. The number of amides is 1. The topological polar surface area (TPSA) is 56.8 Å². The summed E-state index contributed by atoms with van der Waals surface area (Å²) in [4.78, 5) is 13.6. The Morgan fingerprint density at radius 1 is 1.11 bits per heavy atom. The molecule has 0 spiro atoms. The molecule has 1 aliphatic heterocycles. The zero-order valence-electron chi connectivity index (χ0n) is 16.6. The maximum Gasteiger partial charge on any atom is 0.230 e. The van der Waals surface area contributed by atoms with Crippen molar-refractivity contribution >= 4 is 17.7 Å². The Bertz CT molecular complexity index is 792. The van der Waals surface area contributed by atoms with Gasteiger partial charge in [0.25, 0.3) is 0 Å². The Kier molecular flexibility index (Phi) is 7.09. The second-order valence-corrected chi connectivity index (χ2v) is 7.93. The van der Waals surface area contributed by atoms with E-state index in [0.717, 1.165) is 27.7 Å². The molecule has 0 unspecified atom stereocenters. The Balaban J connectivity index is 1.60. The first-order valence-electron chi connectivity index (χ1n) is 9.61. The van der Waals surface area contributed by atoms with Crippen molar-refractivity contribution in [1.82, 2.24) is 5.32 Å². The van der Waals surface area contributed by atoms with Crippen molar-refractivity contribution in [3.05, 3.63) is 48.0 Å². The van der Waals surface area contributed by atoms with Gasteiger partial charge in [0.1, 0.15) is 19.0 Å².